The van der Waals surface area contributed by atoms with Gasteiger partial charge in [0.25, 0.3) is 0 Å². The van der Waals surface area contributed by atoms with Crippen LogP contribution < -0.4 is 5.32 Å². The highest BCUT2D eigenvalue weighted by atomic mass is 16.5. The molecule has 1 N–H and O–H groups in total. The molecule has 0 spiro atoms. The summed E-state index contributed by atoms with van der Waals surface area (Å²) in [5, 5.41) is 3.02. The van der Waals surface area contributed by atoms with E-state index in [0.717, 1.165) is 31.4 Å². The van der Waals surface area contributed by atoms with Gasteiger partial charge in [-0.1, -0.05) is 0 Å². The zero-order valence-electron chi connectivity index (χ0n) is 12.3. The molecule has 1 aliphatic carbocycles. The molecule has 3 unspecified atom stereocenters. The molecule has 1 aromatic rings. The maximum atomic E-state index is 12.2. The molecule has 3 atom stereocenters. The highest BCUT2D eigenvalue weighted by Gasteiger charge is 2.41. The molecular formula is C17H22N2O2. The summed E-state index contributed by atoms with van der Waals surface area (Å²) in [5.74, 6) is 0.517. The van der Waals surface area contributed by atoms with Crippen LogP contribution in [-0.2, 0) is 22.4 Å². The number of nitrogens with zero attached hydrogens (tertiary/aromatic N) is 1. The number of carbonyl (C=O) groups excluding carboxylic acids is 1. The van der Waals surface area contributed by atoms with Gasteiger partial charge in [0.1, 0.15) is 0 Å². The Morgan fingerprint density at radius 3 is 3.05 bits per heavy atom. The third-order valence-corrected chi connectivity index (χ3v) is 5.13. The average Bonchev–Trinajstić information content (AvgIpc) is 3.09. The fourth-order valence-electron chi connectivity index (χ4n) is 4.06. The summed E-state index contributed by atoms with van der Waals surface area (Å²) in [6.45, 7) is 0. The molecule has 2 saturated heterocycles. The van der Waals surface area contributed by atoms with Gasteiger partial charge in [0.2, 0.25) is 5.91 Å². The number of aromatic nitrogens is 1. The Hall–Kier alpha value is -1.42. The van der Waals surface area contributed by atoms with Gasteiger partial charge in [-0.25, -0.2) is 0 Å². The van der Waals surface area contributed by atoms with Crippen LogP contribution in [0.3, 0.4) is 0 Å². The molecule has 112 valence electrons. The summed E-state index contributed by atoms with van der Waals surface area (Å²) in [6.07, 6.45) is 11.1. The van der Waals surface area contributed by atoms with E-state index in [1.54, 1.807) is 6.20 Å². The standard InChI is InChI=1S/C17H22N2O2/c20-17(9-12-8-14-5-6-16(12)21-14)19-13-7-11-3-1-2-4-15(11)18-10-13/h7,10,12,14,16H,1-6,8-9H2,(H,19,20). The van der Waals surface area contributed by atoms with Crippen molar-refractivity contribution in [3.05, 3.63) is 23.5 Å². The Bertz CT molecular complexity index is 558. The number of amides is 1. The lowest BCUT2D eigenvalue weighted by atomic mass is 9.87. The number of hydrogen-bond donors (Lipinski definition) is 1. The van der Waals surface area contributed by atoms with Crippen molar-refractivity contribution in [2.24, 2.45) is 5.92 Å². The van der Waals surface area contributed by atoms with Crippen LogP contribution >= 0.6 is 0 Å². The maximum absolute atomic E-state index is 12.2. The van der Waals surface area contributed by atoms with Crippen molar-refractivity contribution in [1.82, 2.24) is 4.98 Å². The first-order valence-electron chi connectivity index (χ1n) is 8.21. The highest BCUT2D eigenvalue weighted by molar-refractivity contribution is 5.90. The summed E-state index contributed by atoms with van der Waals surface area (Å²) in [6, 6.07) is 2.11. The van der Waals surface area contributed by atoms with Crippen molar-refractivity contribution in [3.63, 3.8) is 0 Å². The van der Waals surface area contributed by atoms with E-state index in [1.807, 2.05) is 0 Å². The Kier molecular flexibility index (Phi) is 3.42. The SMILES string of the molecule is O=C(CC1CC2CCC1O2)Nc1cnc2c(c1)CCCC2. The lowest BCUT2D eigenvalue weighted by Crippen LogP contribution is -2.23. The van der Waals surface area contributed by atoms with Gasteiger partial charge in [-0.05, 0) is 62.5 Å². The minimum atomic E-state index is 0.105. The third-order valence-electron chi connectivity index (χ3n) is 5.13. The molecule has 2 fully saturated rings. The Morgan fingerprint density at radius 1 is 1.33 bits per heavy atom. The molecule has 4 nitrogen and oxygen atoms in total. The number of fused-ring (bicyclic) bond motifs is 3. The van der Waals surface area contributed by atoms with Crippen LogP contribution in [0.5, 0.6) is 0 Å². The van der Waals surface area contributed by atoms with Crippen molar-refractivity contribution in [1.29, 1.82) is 0 Å². The summed E-state index contributed by atoms with van der Waals surface area (Å²) in [5.41, 5.74) is 3.37. The first-order chi connectivity index (χ1) is 10.3. The molecule has 4 rings (SSSR count). The van der Waals surface area contributed by atoms with Crippen LogP contribution in [0.15, 0.2) is 12.3 Å². The van der Waals surface area contributed by atoms with E-state index in [1.165, 1.54) is 30.5 Å². The molecular weight excluding hydrogens is 264 g/mol. The van der Waals surface area contributed by atoms with Gasteiger partial charge in [-0.2, -0.15) is 0 Å². The van der Waals surface area contributed by atoms with E-state index in [0.29, 0.717) is 24.5 Å². The third kappa shape index (κ3) is 2.69. The van der Waals surface area contributed by atoms with E-state index >= 15 is 0 Å². The molecule has 2 bridgehead atoms. The normalized spacial score (nSPS) is 30.2. The molecule has 1 amide bonds. The van der Waals surface area contributed by atoms with Crippen molar-refractivity contribution >= 4 is 11.6 Å². The molecule has 1 aromatic heterocycles. The fourth-order valence-corrected chi connectivity index (χ4v) is 4.06. The van der Waals surface area contributed by atoms with Gasteiger partial charge in [-0.3, -0.25) is 9.78 Å². The second-order valence-electron chi connectivity index (χ2n) is 6.66. The van der Waals surface area contributed by atoms with Crippen LogP contribution in [0.2, 0.25) is 0 Å². The molecule has 0 radical (unpaired) electrons. The number of rotatable bonds is 3. The zero-order chi connectivity index (χ0) is 14.2. The Balaban J connectivity index is 1.38. The number of anilines is 1. The van der Waals surface area contributed by atoms with Crippen molar-refractivity contribution in [3.8, 4) is 0 Å². The van der Waals surface area contributed by atoms with Crippen molar-refractivity contribution in [2.75, 3.05) is 5.32 Å². The minimum Gasteiger partial charge on any atom is -0.375 e. The number of aryl methyl sites for hydroxylation is 2. The van der Waals surface area contributed by atoms with E-state index < -0.39 is 0 Å². The van der Waals surface area contributed by atoms with Gasteiger partial charge in [0, 0.05) is 12.1 Å². The number of pyridine rings is 1. The zero-order valence-corrected chi connectivity index (χ0v) is 12.3. The smallest absolute Gasteiger partial charge is 0.224 e. The van der Waals surface area contributed by atoms with E-state index in [4.69, 9.17) is 4.74 Å². The predicted molar refractivity (Wildman–Crippen MR) is 80.1 cm³/mol. The molecule has 21 heavy (non-hydrogen) atoms. The molecule has 2 aliphatic heterocycles. The number of nitrogens with one attached hydrogen (secondary N) is 1. The first-order valence-corrected chi connectivity index (χ1v) is 8.21. The molecule has 0 aromatic carbocycles. The van der Waals surface area contributed by atoms with Crippen LogP contribution in [0.4, 0.5) is 5.69 Å². The summed E-state index contributed by atoms with van der Waals surface area (Å²) in [7, 11) is 0. The van der Waals surface area contributed by atoms with Gasteiger partial charge in [0.05, 0.1) is 24.1 Å². The first kappa shape index (κ1) is 13.3. The number of hydrogen-bond acceptors (Lipinski definition) is 3. The number of carbonyl (C=O) groups is 1. The maximum Gasteiger partial charge on any atom is 0.224 e. The van der Waals surface area contributed by atoms with Crippen molar-refractivity contribution in [2.45, 2.75) is 63.6 Å². The molecule has 3 aliphatic rings. The van der Waals surface area contributed by atoms with E-state index in [-0.39, 0.29) is 5.91 Å². The van der Waals surface area contributed by atoms with Gasteiger partial charge >= 0.3 is 0 Å². The number of ether oxygens (including phenoxy) is 1. The lowest BCUT2D eigenvalue weighted by Gasteiger charge is -2.19. The topological polar surface area (TPSA) is 51.2 Å². The largest absolute Gasteiger partial charge is 0.375 e. The van der Waals surface area contributed by atoms with Crippen LogP contribution in [-0.4, -0.2) is 23.1 Å². The second kappa shape index (κ2) is 5.41. The summed E-state index contributed by atoms with van der Waals surface area (Å²) >= 11 is 0. The van der Waals surface area contributed by atoms with Crippen LogP contribution in [0.25, 0.3) is 0 Å². The minimum absolute atomic E-state index is 0.105. The summed E-state index contributed by atoms with van der Waals surface area (Å²) in [4.78, 5) is 16.7. The Morgan fingerprint density at radius 2 is 2.24 bits per heavy atom. The highest BCUT2D eigenvalue weighted by Crippen LogP contribution is 2.40. The van der Waals surface area contributed by atoms with Gasteiger partial charge in [-0.15, -0.1) is 0 Å². The van der Waals surface area contributed by atoms with E-state index in [2.05, 4.69) is 16.4 Å². The molecule has 4 heteroatoms. The predicted octanol–water partition coefficient (Wildman–Crippen LogP) is 2.86. The Labute approximate surface area is 125 Å². The van der Waals surface area contributed by atoms with Crippen LogP contribution in [0.1, 0.15) is 49.8 Å². The van der Waals surface area contributed by atoms with Crippen molar-refractivity contribution < 1.29 is 9.53 Å². The molecule has 0 saturated carbocycles. The van der Waals surface area contributed by atoms with Gasteiger partial charge in [0.15, 0.2) is 0 Å². The monoisotopic (exact) mass is 286 g/mol. The summed E-state index contributed by atoms with van der Waals surface area (Å²) < 4.78 is 5.82. The molecule has 3 heterocycles. The quantitative estimate of drug-likeness (QED) is 0.929. The fraction of sp³-hybridized carbons (Fsp3) is 0.647. The average molecular weight is 286 g/mol. The van der Waals surface area contributed by atoms with Gasteiger partial charge < -0.3 is 10.1 Å². The second-order valence-corrected chi connectivity index (χ2v) is 6.66. The van der Waals surface area contributed by atoms with Crippen LogP contribution in [0, 0.1) is 5.92 Å². The van der Waals surface area contributed by atoms with E-state index in [9.17, 15) is 4.79 Å². The lowest BCUT2D eigenvalue weighted by molar-refractivity contribution is -0.117.